The molecule has 0 spiro atoms. The topological polar surface area (TPSA) is 116 Å². The maximum Gasteiger partial charge on any atom is 0.313 e. The van der Waals surface area contributed by atoms with Gasteiger partial charge in [-0.25, -0.2) is 0 Å². The molecule has 0 bridgehead atoms. The van der Waals surface area contributed by atoms with Gasteiger partial charge in [0.25, 0.3) is 5.69 Å². The molecule has 0 amide bonds. The molecule has 0 fully saturated rings. The molecular weight excluding hydrogens is 323 g/mol. The summed E-state index contributed by atoms with van der Waals surface area (Å²) in [6, 6.07) is 1.16. The number of nitro benzene ring substituents is 1. The van der Waals surface area contributed by atoms with E-state index in [1.54, 1.807) is 0 Å². The van der Waals surface area contributed by atoms with Crippen molar-refractivity contribution in [3.05, 3.63) is 32.8 Å². The van der Waals surface area contributed by atoms with E-state index in [1.165, 1.54) is 27.0 Å². The molecule has 0 aliphatic rings. The van der Waals surface area contributed by atoms with Crippen molar-refractivity contribution in [2.75, 3.05) is 7.11 Å². The summed E-state index contributed by atoms with van der Waals surface area (Å²) in [6.45, 7) is 2.93. The van der Waals surface area contributed by atoms with E-state index in [4.69, 9.17) is 17.3 Å². The zero-order chi connectivity index (χ0) is 15.7. The van der Waals surface area contributed by atoms with E-state index in [1.807, 2.05) is 0 Å². The monoisotopic (exact) mass is 338 g/mol. The molecule has 0 radical (unpaired) electrons. The van der Waals surface area contributed by atoms with Crippen LogP contribution in [-0.4, -0.2) is 23.1 Å². The molecule has 1 atom stereocenters. The van der Waals surface area contributed by atoms with Crippen molar-refractivity contribution in [3.63, 3.8) is 0 Å². The molecule has 0 heterocycles. The van der Waals surface area contributed by atoms with Gasteiger partial charge in [0.15, 0.2) is 0 Å². The van der Waals surface area contributed by atoms with Gasteiger partial charge in [0.05, 0.1) is 34.1 Å². The quantitative estimate of drug-likeness (QED) is 0.495. The highest BCUT2D eigenvalue weighted by Gasteiger charge is 2.41. The van der Waals surface area contributed by atoms with Gasteiger partial charge >= 0.3 is 5.97 Å². The molecule has 0 saturated heterocycles. The van der Waals surface area contributed by atoms with Crippen LogP contribution in [0, 0.1) is 15.5 Å². The van der Waals surface area contributed by atoms with E-state index in [0.29, 0.717) is 0 Å². The maximum absolute atomic E-state index is 11.7. The number of carbonyl (C=O) groups excluding carboxylic acids is 1. The van der Waals surface area contributed by atoms with Crippen molar-refractivity contribution in [1.82, 2.24) is 0 Å². The van der Waals surface area contributed by atoms with E-state index in [0.717, 1.165) is 6.07 Å². The number of rotatable bonds is 4. The van der Waals surface area contributed by atoms with E-state index in [-0.39, 0.29) is 23.0 Å². The fourth-order valence-electron chi connectivity index (χ4n) is 1.79. The number of methoxy groups -OCH3 is 1. The third-order valence-electron chi connectivity index (χ3n) is 3.14. The molecule has 0 saturated carbocycles. The Labute approximate surface area is 132 Å². The summed E-state index contributed by atoms with van der Waals surface area (Å²) < 4.78 is 4.62. The minimum Gasteiger partial charge on any atom is -0.506 e. The van der Waals surface area contributed by atoms with Gasteiger partial charge in [-0.2, -0.15) is 0 Å². The van der Waals surface area contributed by atoms with Gasteiger partial charge in [-0.15, -0.1) is 12.4 Å². The summed E-state index contributed by atoms with van der Waals surface area (Å²) in [7, 11) is 1.18. The lowest BCUT2D eigenvalue weighted by Crippen LogP contribution is -2.37. The highest BCUT2D eigenvalue weighted by atomic mass is 35.5. The molecule has 0 aliphatic carbocycles. The number of nitro groups is 1. The molecule has 0 unspecified atom stereocenters. The zero-order valence-corrected chi connectivity index (χ0v) is 13.2. The Hall–Kier alpha value is -1.57. The van der Waals surface area contributed by atoms with Crippen LogP contribution in [0.1, 0.15) is 25.5 Å². The predicted octanol–water partition coefficient (Wildman–Crippen LogP) is 2.57. The number of nitrogens with zero attached hydrogens (tertiary/aromatic N) is 1. The molecule has 118 valence electrons. The number of esters is 1. The molecule has 3 N–H and O–H groups in total. The number of hydrogen-bond acceptors (Lipinski definition) is 6. The van der Waals surface area contributed by atoms with Crippen LogP contribution < -0.4 is 5.73 Å². The zero-order valence-electron chi connectivity index (χ0n) is 11.6. The van der Waals surface area contributed by atoms with Gasteiger partial charge in [-0.3, -0.25) is 14.9 Å². The number of carbonyl (C=O) groups is 1. The number of aromatic hydroxyl groups is 1. The first-order valence-electron chi connectivity index (χ1n) is 5.64. The molecule has 9 heteroatoms. The fraction of sp³-hybridized carbons (Fsp3) is 0.417. The molecule has 0 aliphatic heterocycles. The summed E-state index contributed by atoms with van der Waals surface area (Å²) in [5.74, 6) is -1.16. The second-order valence-corrected chi connectivity index (χ2v) is 5.18. The maximum atomic E-state index is 11.7. The van der Waals surface area contributed by atoms with Crippen LogP contribution in [0.15, 0.2) is 12.1 Å². The Morgan fingerprint density at radius 1 is 1.52 bits per heavy atom. The summed E-state index contributed by atoms with van der Waals surface area (Å²) in [5.41, 5.74) is 4.06. The molecule has 21 heavy (non-hydrogen) atoms. The number of ether oxygens (including phenoxy) is 1. The van der Waals surface area contributed by atoms with Crippen LogP contribution in [0.25, 0.3) is 0 Å². The van der Waals surface area contributed by atoms with E-state index >= 15 is 0 Å². The van der Waals surface area contributed by atoms with Crippen molar-refractivity contribution in [1.29, 1.82) is 0 Å². The van der Waals surface area contributed by atoms with Gasteiger partial charge in [-0.05, 0) is 19.9 Å². The van der Waals surface area contributed by atoms with Crippen LogP contribution >= 0.6 is 24.0 Å². The Kier molecular flexibility index (Phi) is 6.41. The van der Waals surface area contributed by atoms with Crippen LogP contribution in [0.3, 0.4) is 0 Å². The highest BCUT2D eigenvalue weighted by Crippen LogP contribution is 2.44. The number of halogens is 2. The average Bonchev–Trinajstić information content (AvgIpc) is 2.39. The molecule has 0 aromatic heterocycles. The number of hydrogen-bond donors (Lipinski definition) is 2. The lowest BCUT2D eigenvalue weighted by Gasteiger charge is -2.29. The van der Waals surface area contributed by atoms with Crippen LogP contribution in [0.2, 0.25) is 5.02 Å². The highest BCUT2D eigenvalue weighted by molar-refractivity contribution is 6.32. The van der Waals surface area contributed by atoms with E-state index in [2.05, 4.69) is 4.74 Å². The van der Waals surface area contributed by atoms with E-state index in [9.17, 15) is 20.0 Å². The third kappa shape index (κ3) is 3.55. The van der Waals surface area contributed by atoms with Gasteiger partial charge < -0.3 is 15.6 Å². The van der Waals surface area contributed by atoms with Gasteiger partial charge in [0.1, 0.15) is 5.75 Å². The van der Waals surface area contributed by atoms with Crippen molar-refractivity contribution in [2.24, 2.45) is 11.1 Å². The summed E-state index contributed by atoms with van der Waals surface area (Å²) in [5, 5.41) is 20.9. The van der Waals surface area contributed by atoms with Gasteiger partial charge in [0.2, 0.25) is 0 Å². The first kappa shape index (κ1) is 19.4. The minimum atomic E-state index is -1.28. The fourth-order valence-corrected chi connectivity index (χ4v) is 1.95. The predicted molar refractivity (Wildman–Crippen MR) is 79.7 cm³/mol. The van der Waals surface area contributed by atoms with E-state index < -0.39 is 33.8 Å². The standard InChI is InChI=1S/C12H15ClN2O5.ClH/c1-12(2,11(17)20-3)10(14)8-7(15(18)19)5-4-6(13)9(8)16;/h4-5,10,16H,14H2,1-3H3;1H/t10-;/m0./s1. The van der Waals surface area contributed by atoms with Crippen molar-refractivity contribution < 1.29 is 19.6 Å². The molecule has 1 rings (SSSR count). The van der Waals surface area contributed by atoms with Crippen molar-refractivity contribution >= 4 is 35.7 Å². The molecule has 7 nitrogen and oxygen atoms in total. The lowest BCUT2D eigenvalue weighted by atomic mass is 9.80. The third-order valence-corrected chi connectivity index (χ3v) is 3.45. The second kappa shape index (κ2) is 6.93. The van der Waals surface area contributed by atoms with Crippen LogP contribution in [0.5, 0.6) is 5.75 Å². The lowest BCUT2D eigenvalue weighted by molar-refractivity contribution is -0.385. The van der Waals surface area contributed by atoms with Crippen molar-refractivity contribution in [3.8, 4) is 5.75 Å². The average molecular weight is 339 g/mol. The Bertz CT molecular complexity index is 563. The smallest absolute Gasteiger partial charge is 0.313 e. The van der Waals surface area contributed by atoms with Gasteiger partial charge in [0, 0.05) is 6.07 Å². The number of benzene rings is 1. The summed E-state index contributed by atoms with van der Waals surface area (Å²) in [6.07, 6.45) is 0. The first-order chi connectivity index (χ1) is 9.14. The van der Waals surface area contributed by atoms with Crippen molar-refractivity contribution in [2.45, 2.75) is 19.9 Å². The molecular formula is C12H16Cl2N2O5. The summed E-state index contributed by atoms with van der Waals surface area (Å²) in [4.78, 5) is 22.1. The van der Waals surface area contributed by atoms with Crippen LogP contribution in [0.4, 0.5) is 5.69 Å². The molecule has 1 aromatic carbocycles. The SMILES string of the molecule is COC(=O)C(C)(C)[C@@H](N)c1c([N+](=O)[O-])ccc(Cl)c1O.Cl. The Morgan fingerprint density at radius 3 is 2.48 bits per heavy atom. The number of phenols is 1. The molecule has 1 aromatic rings. The normalized spacial score (nSPS) is 12.2. The number of nitrogens with two attached hydrogens (primary N) is 1. The minimum absolute atomic E-state index is 0. The Morgan fingerprint density at radius 2 is 2.05 bits per heavy atom. The largest absolute Gasteiger partial charge is 0.506 e. The first-order valence-corrected chi connectivity index (χ1v) is 6.02. The van der Waals surface area contributed by atoms with Crippen LogP contribution in [-0.2, 0) is 9.53 Å². The Balaban J connectivity index is 0.00000400. The van der Waals surface area contributed by atoms with Gasteiger partial charge in [-0.1, -0.05) is 11.6 Å². The summed E-state index contributed by atoms with van der Waals surface area (Å²) >= 11 is 5.75. The number of phenolic OH excluding ortho intramolecular Hbond substituents is 1. The second-order valence-electron chi connectivity index (χ2n) is 4.78.